The minimum absolute atomic E-state index is 0.0694. The Hall–Kier alpha value is -1.47. The third kappa shape index (κ3) is 6.11. The predicted molar refractivity (Wildman–Crippen MR) is 84.4 cm³/mol. The fourth-order valence-corrected chi connectivity index (χ4v) is 3.34. The van der Waals surface area contributed by atoms with E-state index in [-0.39, 0.29) is 37.3 Å². The van der Waals surface area contributed by atoms with E-state index in [1.165, 1.54) is 16.4 Å². The Bertz CT molecular complexity index is 605. The van der Waals surface area contributed by atoms with Crippen LogP contribution < -0.4 is 5.32 Å². The van der Waals surface area contributed by atoms with Gasteiger partial charge in [0.05, 0.1) is 12.7 Å². The average molecular weight is 330 g/mol. The number of nitrogens with one attached hydrogen (secondary N) is 1. The highest BCUT2D eigenvalue weighted by atomic mass is 32.2. The first-order chi connectivity index (χ1) is 10.2. The van der Waals surface area contributed by atoms with Crippen LogP contribution in [0.5, 0.6) is 0 Å². The fraction of sp³-hybridized carbons (Fsp3) is 0.533. The van der Waals surface area contributed by atoms with E-state index < -0.39 is 10.0 Å². The van der Waals surface area contributed by atoms with Gasteiger partial charge in [0.2, 0.25) is 15.9 Å². The van der Waals surface area contributed by atoms with Crippen molar-refractivity contribution in [1.29, 1.82) is 0 Å². The fourth-order valence-electron chi connectivity index (χ4n) is 2.12. The monoisotopic (exact) mass is 330 g/mol. The molecule has 0 saturated heterocycles. The summed E-state index contributed by atoms with van der Waals surface area (Å²) in [6.07, 6.45) is 1.93. The van der Waals surface area contributed by atoms with Crippen molar-refractivity contribution in [3.05, 3.63) is 35.6 Å². The molecule has 1 aromatic carbocycles. The van der Waals surface area contributed by atoms with Gasteiger partial charge in [-0.15, -0.1) is 0 Å². The summed E-state index contributed by atoms with van der Waals surface area (Å²) in [6.45, 7) is 4.19. The lowest BCUT2D eigenvalue weighted by Crippen LogP contribution is -2.43. The van der Waals surface area contributed by atoms with Crippen LogP contribution >= 0.6 is 0 Å². The van der Waals surface area contributed by atoms with Crippen molar-refractivity contribution in [3.8, 4) is 0 Å². The third-order valence-corrected chi connectivity index (χ3v) is 4.81. The summed E-state index contributed by atoms with van der Waals surface area (Å²) in [4.78, 5) is 11.8. The maximum atomic E-state index is 13.0. The summed E-state index contributed by atoms with van der Waals surface area (Å²) in [6, 6.07) is 5.73. The molecule has 0 bridgehead atoms. The molecule has 1 amide bonds. The number of sulfonamides is 1. The second-order valence-electron chi connectivity index (χ2n) is 5.29. The van der Waals surface area contributed by atoms with Crippen LogP contribution in [0, 0.1) is 5.82 Å². The van der Waals surface area contributed by atoms with Crippen LogP contribution in [-0.4, -0.2) is 44.0 Å². The van der Waals surface area contributed by atoms with E-state index in [0.29, 0.717) is 12.0 Å². The number of carbonyl (C=O) groups excluding carboxylic acids is 1. The number of halogens is 1. The molecule has 1 N–H and O–H groups in total. The van der Waals surface area contributed by atoms with Gasteiger partial charge >= 0.3 is 0 Å². The molecule has 1 rings (SSSR count). The molecule has 0 radical (unpaired) electrons. The zero-order chi connectivity index (χ0) is 16.8. The molecule has 1 unspecified atom stereocenters. The van der Waals surface area contributed by atoms with Crippen LogP contribution in [0.15, 0.2) is 24.3 Å². The standard InChI is InChI=1S/C15H23FN2O3S/c1-4-12(2)18(22(3,20)21)9-8-17-15(19)11-13-6-5-7-14(16)10-13/h5-7,10,12H,4,8-9,11H2,1-3H3,(H,17,19). The average Bonchev–Trinajstić information content (AvgIpc) is 2.41. The molecular formula is C15H23FN2O3S. The van der Waals surface area contributed by atoms with Gasteiger partial charge in [-0.1, -0.05) is 19.1 Å². The van der Waals surface area contributed by atoms with Crippen LogP contribution in [0.4, 0.5) is 4.39 Å². The zero-order valence-corrected chi connectivity index (χ0v) is 14.0. The minimum Gasteiger partial charge on any atom is -0.354 e. The Balaban J connectivity index is 2.50. The molecule has 0 aromatic heterocycles. The van der Waals surface area contributed by atoms with Crippen LogP contribution in [0.3, 0.4) is 0 Å². The molecule has 22 heavy (non-hydrogen) atoms. The second kappa shape index (κ2) is 8.24. The first kappa shape index (κ1) is 18.6. The second-order valence-corrected chi connectivity index (χ2v) is 7.22. The number of hydrogen-bond donors (Lipinski definition) is 1. The summed E-state index contributed by atoms with van der Waals surface area (Å²) in [5.41, 5.74) is 0.583. The SMILES string of the molecule is CCC(C)N(CCNC(=O)Cc1cccc(F)c1)S(C)(=O)=O. The molecule has 7 heteroatoms. The largest absolute Gasteiger partial charge is 0.354 e. The highest BCUT2D eigenvalue weighted by molar-refractivity contribution is 7.88. The Labute approximate surface area is 131 Å². The molecule has 0 heterocycles. The molecule has 0 saturated carbocycles. The van der Waals surface area contributed by atoms with Gasteiger partial charge in [0.15, 0.2) is 0 Å². The van der Waals surface area contributed by atoms with E-state index in [9.17, 15) is 17.6 Å². The molecule has 0 aliphatic rings. The zero-order valence-electron chi connectivity index (χ0n) is 13.2. The molecule has 124 valence electrons. The lowest BCUT2D eigenvalue weighted by atomic mass is 10.1. The molecule has 5 nitrogen and oxygen atoms in total. The molecule has 0 aliphatic carbocycles. The number of amides is 1. The molecule has 1 aromatic rings. The van der Waals surface area contributed by atoms with Gasteiger partial charge in [-0.3, -0.25) is 4.79 Å². The summed E-state index contributed by atoms with van der Waals surface area (Å²) in [5.74, 6) is -0.645. The highest BCUT2D eigenvalue weighted by Crippen LogP contribution is 2.08. The first-order valence-corrected chi connectivity index (χ1v) is 9.06. The summed E-state index contributed by atoms with van der Waals surface area (Å²) in [7, 11) is -3.31. The number of rotatable bonds is 8. The van der Waals surface area contributed by atoms with E-state index >= 15 is 0 Å². The molecule has 0 spiro atoms. The van der Waals surface area contributed by atoms with Crippen molar-refractivity contribution < 1.29 is 17.6 Å². The molecule has 0 aliphatic heterocycles. The van der Waals surface area contributed by atoms with Crippen molar-refractivity contribution in [2.24, 2.45) is 0 Å². The topological polar surface area (TPSA) is 66.5 Å². The van der Waals surface area contributed by atoms with E-state index in [2.05, 4.69) is 5.32 Å². The Morgan fingerprint density at radius 3 is 2.64 bits per heavy atom. The third-order valence-electron chi connectivity index (χ3n) is 3.42. The Morgan fingerprint density at radius 2 is 2.09 bits per heavy atom. The van der Waals surface area contributed by atoms with E-state index in [1.54, 1.807) is 12.1 Å². The van der Waals surface area contributed by atoms with Crippen molar-refractivity contribution >= 4 is 15.9 Å². The predicted octanol–water partition coefficient (Wildman–Crippen LogP) is 1.54. The first-order valence-electron chi connectivity index (χ1n) is 7.22. The minimum atomic E-state index is -3.31. The normalized spacial score (nSPS) is 13.1. The van der Waals surface area contributed by atoms with Crippen molar-refractivity contribution in [2.75, 3.05) is 19.3 Å². The quantitative estimate of drug-likeness (QED) is 0.786. The number of nitrogens with zero attached hydrogens (tertiary/aromatic N) is 1. The van der Waals surface area contributed by atoms with E-state index in [0.717, 1.165) is 6.26 Å². The van der Waals surface area contributed by atoms with Crippen molar-refractivity contribution in [3.63, 3.8) is 0 Å². The van der Waals surface area contributed by atoms with Crippen LogP contribution in [0.1, 0.15) is 25.8 Å². The van der Waals surface area contributed by atoms with Gasteiger partial charge in [-0.2, -0.15) is 4.31 Å². The highest BCUT2D eigenvalue weighted by Gasteiger charge is 2.21. The van der Waals surface area contributed by atoms with Gasteiger partial charge in [-0.05, 0) is 31.0 Å². The molecular weight excluding hydrogens is 307 g/mol. The van der Waals surface area contributed by atoms with Crippen LogP contribution in [0.2, 0.25) is 0 Å². The summed E-state index contributed by atoms with van der Waals surface area (Å²) in [5, 5.41) is 2.66. The maximum absolute atomic E-state index is 13.0. The summed E-state index contributed by atoms with van der Waals surface area (Å²) >= 11 is 0. The Morgan fingerprint density at radius 1 is 1.41 bits per heavy atom. The number of hydrogen-bond acceptors (Lipinski definition) is 3. The molecule has 0 fully saturated rings. The summed E-state index contributed by atoms with van der Waals surface area (Å²) < 4.78 is 37.8. The molecule has 1 atom stereocenters. The van der Waals surface area contributed by atoms with Crippen LogP contribution in [0.25, 0.3) is 0 Å². The van der Waals surface area contributed by atoms with E-state index in [1.807, 2.05) is 13.8 Å². The maximum Gasteiger partial charge on any atom is 0.224 e. The van der Waals surface area contributed by atoms with Crippen molar-refractivity contribution in [1.82, 2.24) is 9.62 Å². The smallest absolute Gasteiger partial charge is 0.224 e. The van der Waals surface area contributed by atoms with Crippen molar-refractivity contribution in [2.45, 2.75) is 32.7 Å². The van der Waals surface area contributed by atoms with Gasteiger partial charge in [0.25, 0.3) is 0 Å². The van der Waals surface area contributed by atoms with Crippen LogP contribution in [-0.2, 0) is 21.2 Å². The number of carbonyl (C=O) groups is 1. The van der Waals surface area contributed by atoms with Gasteiger partial charge in [0, 0.05) is 19.1 Å². The lowest BCUT2D eigenvalue weighted by molar-refractivity contribution is -0.120. The van der Waals surface area contributed by atoms with E-state index in [4.69, 9.17) is 0 Å². The van der Waals surface area contributed by atoms with Gasteiger partial charge in [-0.25, -0.2) is 12.8 Å². The Kier molecular flexibility index (Phi) is 6.96. The lowest BCUT2D eigenvalue weighted by Gasteiger charge is -2.25. The van der Waals surface area contributed by atoms with Gasteiger partial charge in [0.1, 0.15) is 5.82 Å². The van der Waals surface area contributed by atoms with Gasteiger partial charge < -0.3 is 5.32 Å². The number of benzene rings is 1.